The van der Waals surface area contributed by atoms with Gasteiger partial charge in [0.15, 0.2) is 11.6 Å². The molecule has 8 heteroatoms. The van der Waals surface area contributed by atoms with Crippen LogP contribution in [0, 0.1) is 11.6 Å². The summed E-state index contributed by atoms with van der Waals surface area (Å²) in [5.41, 5.74) is -1.03. The van der Waals surface area contributed by atoms with Crippen molar-refractivity contribution in [1.29, 1.82) is 0 Å². The molecule has 0 atom stereocenters. The van der Waals surface area contributed by atoms with Crippen LogP contribution >= 0.6 is 11.3 Å². The number of aromatic carboxylic acids is 1. The smallest absolute Gasteiger partial charge is 0.336 e. The first-order valence-corrected chi connectivity index (χ1v) is 6.26. The molecule has 1 amide bonds. The van der Waals surface area contributed by atoms with Gasteiger partial charge in [0.25, 0.3) is 5.91 Å². The SMILES string of the molecule is O=C(O)c1cc(F)c(F)cc1C(=O)NCc1nccs1. The summed E-state index contributed by atoms with van der Waals surface area (Å²) in [4.78, 5) is 26.7. The molecule has 2 rings (SSSR count). The molecule has 2 aromatic rings. The van der Waals surface area contributed by atoms with Crippen molar-refractivity contribution in [3.8, 4) is 0 Å². The summed E-state index contributed by atoms with van der Waals surface area (Å²) in [7, 11) is 0. The highest BCUT2D eigenvalue weighted by molar-refractivity contribution is 7.09. The minimum Gasteiger partial charge on any atom is -0.478 e. The van der Waals surface area contributed by atoms with Gasteiger partial charge in [-0.1, -0.05) is 0 Å². The van der Waals surface area contributed by atoms with Crippen LogP contribution in [0.3, 0.4) is 0 Å². The lowest BCUT2D eigenvalue weighted by molar-refractivity contribution is 0.0690. The number of carboxylic acid groups (broad SMARTS) is 1. The third-order valence-corrected chi connectivity index (χ3v) is 3.20. The van der Waals surface area contributed by atoms with E-state index < -0.39 is 34.6 Å². The number of carbonyl (C=O) groups is 2. The maximum absolute atomic E-state index is 13.1. The predicted molar refractivity (Wildman–Crippen MR) is 66.6 cm³/mol. The second kappa shape index (κ2) is 5.74. The van der Waals surface area contributed by atoms with Gasteiger partial charge in [-0.3, -0.25) is 4.79 Å². The fraction of sp³-hybridized carbons (Fsp3) is 0.0833. The zero-order chi connectivity index (χ0) is 14.7. The van der Waals surface area contributed by atoms with Crippen LogP contribution in [0.15, 0.2) is 23.7 Å². The lowest BCUT2D eigenvalue weighted by Gasteiger charge is -2.07. The van der Waals surface area contributed by atoms with E-state index in [1.165, 1.54) is 11.3 Å². The highest BCUT2D eigenvalue weighted by Gasteiger charge is 2.20. The number of nitrogens with zero attached hydrogens (tertiary/aromatic N) is 1. The Balaban J connectivity index is 2.24. The summed E-state index contributed by atoms with van der Waals surface area (Å²) >= 11 is 1.30. The van der Waals surface area contributed by atoms with Crippen molar-refractivity contribution in [2.24, 2.45) is 0 Å². The first-order valence-electron chi connectivity index (χ1n) is 5.38. The van der Waals surface area contributed by atoms with E-state index in [-0.39, 0.29) is 6.54 Å². The van der Waals surface area contributed by atoms with Crippen LogP contribution < -0.4 is 5.32 Å². The van der Waals surface area contributed by atoms with Crippen LogP contribution in [0.2, 0.25) is 0 Å². The quantitative estimate of drug-likeness (QED) is 0.905. The lowest BCUT2D eigenvalue weighted by atomic mass is 10.1. The molecule has 0 bridgehead atoms. The van der Waals surface area contributed by atoms with E-state index >= 15 is 0 Å². The maximum atomic E-state index is 13.1. The first kappa shape index (κ1) is 14.1. The largest absolute Gasteiger partial charge is 0.478 e. The Labute approximate surface area is 115 Å². The third kappa shape index (κ3) is 2.97. The van der Waals surface area contributed by atoms with E-state index in [1.807, 2.05) is 0 Å². The molecule has 0 radical (unpaired) electrons. The second-order valence-corrected chi connectivity index (χ2v) is 4.70. The highest BCUT2D eigenvalue weighted by Crippen LogP contribution is 2.15. The Morgan fingerprint density at radius 1 is 1.25 bits per heavy atom. The number of rotatable bonds is 4. The van der Waals surface area contributed by atoms with Crippen LogP contribution in [0.4, 0.5) is 8.78 Å². The van der Waals surface area contributed by atoms with Gasteiger partial charge in [0.1, 0.15) is 5.01 Å². The molecule has 0 saturated carbocycles. The average molecular weight is 298 g/mol. The summed E-state index contributed by atoms with van der Waals surface area (Å²) < 4.78 is 26.2. The predicted octanol–water partition coefficient (Wildman–Crippen LogP) is 2.05. The number of carbonyl (C=O) groups excluding carboxylic acids is 1. The van der Waals surface area contributed by atoms with E-state index in [0.717, 1.165) is 0 Å². The van der Waals surface area contributed by atoms with Gasteiger partial charge in [0.05, 0.1) is 17.7 Å². The van der Waals surface area contributed by atoms with Crippen LogP contribution in [0.1, 0.15) is 25.7 Å². The number of thiazole rings is 1. The number of carboxylic acids is 1. The van der Waals surface area contributed by atoms with Gasteiger partial charge in [0.2, 0.25) is 0 Å². The number of nitrogens with one attached hydrogen (secondary N) is 1. The van der Waals surface area contributed by atoms with Crippen molar-refractivity contribution in [3.63, 3.8) is 0 Å². The van der Waals surface area contributed by atoms with E-state index in [2.05, 4.69) is 10.3 Å². The van der Waals surface area contributed by atoms with Gasteiger partial charge in [-0.15, -0.1) is 11.3 Å². The molecule has 20 heavy (non-hydrogen) atoms. The molecular formula is C12H8F2N2O3S. The van der Waals surface area contributed by atoms with Crippen molar-refractivity contribution in [1.82, 2.24) is 10.3 Å². The minimum atomic E-state index is -1.51. The van der Waals surface area contributed by atoms with Crippen molar-refractivity contribution < 1.29 is 23.5 Å². The average Bonchev–Trinajstić information content (AvgIpc) is 2.91. The Hall–Kier alpha value is -2.35. The lowest BCUT2D eigenvalue weighted by Crippen LogP contribution is -2.25. The molecule has 2 N–H and O–H groups in total. The van der Waals surface area contributed by atoms with Gasteiger partial charge in [-0.05, 0) is 12.1 Å². The summed E-state index contributed by atoms with van der Waals surface area (Å²) in [6.45, 7) is 0.0779. The molecule has 1 aromatic carbocycles. The molecule has 1 aromatic heterocycles. The van der Waals surface area contributed by atoms with E-state index in [4.69, 9.17) is 5.11 Å². The standard InChI is InChI=1S/C12H8F2N2O3S/c13-8-3-6(7(12(18)19)4-9(8)14)11(17)16-5-10-15-1-2-20-10/h1-4H,5H2,(H,16,17)(H,18,19). The Morgan fingerprint density at radius 3 is 2.45 bits per heavy atom. The van der Waals surface area contributed by atoms with E-state index in [0.29, 0.717) is 17.1 Å². The van der Waals surface area contributed by atoms with Gasteiger partial charge in [0, 0.05) is 11.6 Å². The number of amides is 1. The molecule has 0 unspecified atom stereocenters. The molecular weight excluding hydrogens is 290 g/mol. The van der Waals surface area contributed by atoms with Gasteiger partial charge in [-0.2, -0.15) is 0 Å². The molecule has 0 fully saturated rings. The molecule has 0 spiro atoms. The number of hydrogen-bond donors (Lipinski definition) is 2. The number of halogens is 2. The van der Waals surface area contributed by atoms with E-state index in [1.54, 1.807) is 11.6 Å². The summed E-state index contributed by atoms with van der Waals surface area (Å²) in [5, 5.41) is 13.6. The zero-order valence-corrected chi connectivity index (χ0v) is 10.7. The molecule has 0 aliphatic rings. The third-order valence-electron chi connectivity index (χ3n) is 2.42. The van der Waals surface area contributed by atoms with Gasteiger partial charge in [-0.25, -0.2) is 18.6 Å². The van der Waals surface area contributed by atoms with Crippen LogP contribution in [0.25, 0.3) is 0 Å². The molecule has 5 nitrogen and oxygen atoms in total. The molecule has 0 aliphatic carbocycles. The molecule has 1 heterocycles. The van der Waals surface area contributed by atoms with Crippen molar-refractivity contribution in [3.05, 3.63) is 51.5 Å². The van der Waals surface area contributed by atoms with Gasteiger partial charge < -0.3 is 10.4 Å². The topological polar surface area (TPSA) is 79.3 Å². The minimum absolute atomic E-state index is 0.0779. The molecule has 0 aliphatic heterocycles. The fourth-order valence-electron chi connectivity index (χ4n) is 1.50. The fourth-order valence-corrected chi connectivity index (χ4v) is 2.06. The van der Waals surface area contributed by atoms with Crippen molar-refractivity contribution in [2.75, 3.05) is 0 Å². The number of hydrogen-bond acceptors (Lipinski definition) is 4. The summed E-state index contributed by atoms with van der Waals surface area (Å²) in [6, 6.07) is 1.05. The normalized spacial score (nSPS) is 10.3. The maximum Gasteiger partial charge on any atom is 0.336 e. The summed E-state index contributed by atoms with van der Waals surface area (Å²) in [5.74, 6) is -4.92. The molecule has 104 valence electrons. The van der Waals surface area contributed by atoms with Crippen molar-refractivity contribution in [2.45, 2.75) is 6.54 Å². The Morgan fingerprint density at radius 2 is 1.90 bits per heavy atom. The first-order chi connectivity index (χ1) is 9.49. The van der Waals surface area contributed by atoms with Crippen LogP contribution in [-0.2, 0) is 6.54 Å². The monoisotopic (exact) mass is 298 g/mol. The summed E-state index contributed by atoms with van der Waals surface area (Å²) in [6.07, 6.45) is 1.55. The Kier molecular flexibility index (Phi) is 4.04. The second-order valence-electron chi connectivity index (χ2n) is 3.73. The zero-order valence-electron chi connectivity index (χ0n) is 9.89. The highest BCUT2D eigenvalue weighted by atomic mass is 32.1. The van der Waals surface area contributed by atoms with Crippen molar-refractivity contribution >= 4 is 23.2 Å². The number of benzene rings is 1. The number of aromatic nitrogens is 1. The molecule has 0 saturated heterocycles. The van der Waals surface area contributed by atoms with Gasteiger partial charge >= 0.3 is 5.97 Å². The van der Waals surface area contributed by atoms with Crippen LogP contribution in [-0.4, -0.2) is 22.0 Å². The van der Waals surface area contributed by atoms with Crippen LogP contribution in [0.5, 0.6) is 0 Å². The Bertz CT molecular complexity index is 659. The van der Waals surface area contributed by atoms with E-state index in [9.17, 15) is 18.4 Å².